The standard InChI is InChI=1S/C19H30N2O3.ClH/c1-6-23-16-11-19(20,18(16,4)5)17(22)21-14(3)12-24-15-9-7-8-13(2)10-15;/h7-10,14,16H,6,11-12,20H2,1-5H3,(H,21,22);1H. The lowest BCUT2D eigenvalue weighted by molar-refractivity contribution is -0.171. The second-order valence-electron chi connectivity index (χ2n) is 7.34. The van der Waals surface area contributed by atoms with E-state index < -0.39 is 5.54 Å². The van der Waals surface area contributed by atoms with Crippen molar-refractivity contribution in [2.24, 2.45) is 11.1 Å². The number of carbonyl (C=O) groups excluding carboxylic acids is 1. The van der Waals surface area contributed by atoms with Crippen molar-refractivity contribution < 1.29 is 14.3 Å². The van der Waals surface area contributed by atoms with Gasteiger partial charge in [0.25, 0.3) is 0 Å². The molecule has 25 heavy (non-hydrogen) atoms. The number of rotatable bonds is 7. The molecular formula is C19H31ClN2O3. The van der Waals surface area contributed by atoms with Gasteiger partial charge in [-0.1, -0.05) is 26.0 Å². The van der Waals surface area contributed by atoms with Crippen molar-refractivity contribution in [1.29, 1.82) is 0 Å². The molecule has 0 spiro atoms. The third kappa shape index (κ3) is 4.46. The fourth-order valence-corrected chi connectivity index (χ4v) is 3.14. The summed E-state index contributed by atoms with van der Waals surface area (Å²) in [6.07, 6.45) is 0.572. The molecule has 1 aliphatic rings. The van der Waals surface area contributed by atoms with Gasteiger partial charge in [-0.05, 0) is 38.5 Å². The Morgan fingerprint density at radius 3 is 2.68 bits per heavy atom. The van der Waals surface area contributed by atoms with E-state index in [1.165, 1.54) is 0 Å². The minimum Gasteiger partial charge on any atom is -0.491 e. The van der Waals surface area contributed by atoms with Gasteiger partial charge in [0.2, 0.25) is 5.91 Å². The average Bonchev–Trinajstić information content (AvgIpc) is 2.52. The van der Waals surface area contributed by atoms with Crippen LogP contribution in [0.1, 0.15) is 39.7 Å². The van der Waals surface area contributed by atoms with Gasteiger partial charge in [0, 0.05) is 18.4 Å². The number of nitrogens with one attached hydrogen (secondary N) is 1. The summed E-state index contributed by atoms with van der Waals surface area (Å²) in [4.78, 5) is 12.6. The van der Waals surface area contributed by atoms with Crippen LogP contribution in [0.2, 0.25) is 0 Å². The Labute approximate surface area is 157 Å². The molecule has 1 aromatic carbocycles. The van der Waals surface area contributed by atoms with Gasteiger partial charge in [-0.3, -0.25) is 4.79 Å². The second-order valence-corrected chi connectivity index (χ2v) is 7.34. The van der Waals surface area contributed by atoms with Crippen molar-refractivity contribution in [3.63, 3.8) is 0 Å². The number of aryl methyl sites for hydroxylation is 1. The zero-order valence-corrected chi connectivity index (χ0v) is 16.6. The van der Waals surface area contributed by atoms with Crippen molar-refractivity contribution in [3.8, 4) is 5.75 Å². The predicted octanol–water partition coefficient (Wildman–Crippen LogP) is 2.83. The first-order valence-electron chi connectivity index (χ1n) is 8.61. The first-order valence-corrected chi connectivity index (χ1v) is 8.61. The first-order chi connectivity index (χ1) is 11.2. The molecule has 1 saturated carbocycles. The van der Waals surface area contributed by atoms with Crippen molar-refractivity contribution in [2.45, 2.75) is 58.7 Å². The Bertz CT molecular complexity index is 594. The summed E-state index contributed by atoms with van der Waals surface area (Å²) >= 11 is 0. The van der Waals surface area contributed by atoms with E-state index in [1.807, 2.05) is 58.9 Å². The van der Waals surface area contributed by atoms with Crippen LogP contribution in [0.4, 0.5) is 0 Å². The largest absolute Gasteiger partial charge is 0.491 e. The van der Waals surface area contributed by atoms with E-state index in [9.17, 15) is 4.79 Å². The zero-order valence-electron chi connectivity index (χ0n) is 15.8. The Hall–Kier alpha value is -1.30. The number of hydrogen-bond donors (Lipinski definition) is 2. The minimum absolute atomic E-state index is 0. The highest BCUT2D eigenvalue weighted by Crippen LogP contribution is 2.49. The van der Waals surface area contributed by atoms with E-state index in [4.69, 9.17) is 15.2 Å². The number of halogens is 1. The number of amides is 1. The summed E-state index contributed by atoms with van der Waals surface area (Å²) in [5.41, 5.74) is 6.25. The quantitative estimate of drug-likeness (QED) is 0.774. The Balaban J connectivity index is 0.00000312. The van der Waals surface area contributed by atoms with E-state index in [0.29, 0.717) is 19.6 Å². The molecule has 1 aromatic rings. The Kier molecular flexibility index (Phi) is 7.29. The van der Waals surface area contributed by atoms with Crippen LogP contribution in [-0.2, 0) is 9.53 Å². The monoisotopic (exact) mass is 370 g/mol. The molecule has 0 saturated heterocycles. The predicted molar refractivity (Wildman–Crippen MR) is 102 cm³/mol. The molecule has 142 valence electrons. The highest BCUT2D eigenvalue weighted by Gasteiger charge is 2.62. The molecule has 1 fully saturated rings. The third-order valence-electron chi connectivity index (χ3n) is 5.10. The van der Waals surface area contributed by atoms with Crippen molar-refractivity contribution >= 4 is 18.3 Å². The first kappa shape index (κ1) is 21.7. The van der Waals surface area contributed by atoms with Gasteiger partial charge in [0.15, 0.2) is 0 Å². The van der Waals surface area contributed by atoms with Crippen molar-refractivity contribution in [2.75, 3.05) is 13.2 Å². The maximum Gasteiger partial charge on any atom is 0.241 e. The van der Waals surface area contributed by atoms with Gasteiger partial charge >= 0.3 is 0 Å². The van der Waals surface area contributed by atoms with Crippen molar-refractivity contribution in [3.05, 3.63) is 29.8 Å². The fraction of sp³-hybridized carbons (Fsp3) is 0.632. The average molecular weight is 371 g/mol. The molecular weight excluding hydrogens is 340 g/mol. The van der Waals surface area contributed by atoms with Gasteiger partial charge in [0.05, 0.1) is 12.1 Å². The fourth-order valence-electron chi connectivity index (χ4n) is 3.14. The van der Waals surface area contributed by atoms with Gasteiger partial charge in [-0.2, -0.15) is 0 Å². The molecule has 0 aromatic heterocycles. The minimum atomic E-state index is -0.898. The summed E-state index contributed by atoms with van der Waals surface area (Å²) in [6.45, 7) is 10.9. The summed E-state index contributed by atoms with van der Waals surface area (Å²) < 4.78 is 11.4. The molecule has 3 N–H and O–H groups in total. The lowest BCUT2D eigenvalue weighted by atomic mass is 9.54. The van der Waals surface area contributed by atoms with E-state index in [0.717, 1.165) is 11.3 Å². The smallest absolute Gasteiger partial charge is 0.241 e. The number of benzene rings is 1. The third-order valence-corrected chi connectivity index (χ3v) is 5.10. The topological polar surface area (TPSA) is 73.6 Å². The maximum atomic E-state index is 12.6. The molecule has 0 radical (unpaired) electrons. The van der Waals surface area contributed by atoms with E-state index in [2.05, 4.69) is 5.32 Å². The molecule has 3 unspecified atom stereocenters. The highest BCUT2D eigenvalue weighted by molar-refractivity contribution is 5.89. The molecule has 3 atom stereocenters. The Morgan fingerprint density at radius 1 is 1.44 bits per heavy atom. The zero-order chi connectivity index (χ0) is 18.0. The van der Waals surface area contributed by atoms with E-state index in [-0.39, 0.29) is 35.9 Å². The summed E-state index contributed by atoms with van der Waals surface area (Å²) in [7, 11) is 0. The van der Waals surface area contributed by atoms with E-state index in [1.54, 1.807) is 0 Å². The maximum absolute atomic E-state index is 12.6. The lowest BCUT2D eigenvalue weighted by Gasteiger charge is -2.57. The van der Waals surface area contributed by atoms with Crippen LogP contribution in [0.5, 0.6) is 5.75 Å². The number of hydrogen-bond acceptors (Lipinski definition) is 4. The summed E-state index contributed by atoms with van der Waals surface area (Å²) in [5.74, 6) is 0.669. The van der Waals surface area contributed by atoms with Crippen LogP contribution >= 0.6 is 12.4 Å². The SMILES string of the molecule is CCOC1CC(N)(C(=O)NC(C)COc2cccc(C)c2)C1(C)C.Cl. The van der Waals surface area contributed by atoms with E-state index >= 15 is 0 Å². The molecule has 0 heterocycles. The molecule has 2 rings (SSSR count). The molecule has 1 aliphatic carbocycles. The number of carbonyl (C=O) groups is 1. The van der Waals surface area contributed by atoms with Gasteiger partial charge in [-0.15, -0.1) is 12.4 Å². The second kappa shape index (κ2) is 8.39. The molecule has 1 amide bonds. The van der Waals surface area contributed by atoms with Crippen LogP contribution in [-0.4, -0.2) is 36.8 Å². The number of ether oxygens (including phenoxy) is 2. The van der Waals surface area contributed by atoms with Crippen LogP contribution < -0.4 is 15.8 Å². The molecule has 0 bridgehead atoms. The summed E-state index contributed by atoms with van der Waals surface area (Å²) in [6, 6.07) is 7.73. The Morgan fingerprint density at radius 2 is 2.12 bits per heavy atom. The lowest BCUT2D eigenvalue weighted by Crippen LogP contribution is -2.76. The van der Waals surface area contributed by atoms with Crippen LogP contribution in [0.15, 0.2) is 24.3 Å². The van der Waals surface area contributed by atoms with Crippen LogP contribution in [0.25, 0.3) is 0 Å². The summed E-state index contributed by atoms with van der Waals surface area (Å²) in [5, 5.41) is 2.98. The number of nitrogens with two attached hydrogens (primary N) is 1. The van der Waals surface area contributed by atoms with Gasteiger partial charge in [-0.25, -0.2) is 0 Å². The van der Waals surface area contributed by atoms with Crippen molar-refractivity contribution in [1.82, 2.24) is 5.32 Å². The van der Waals surface area contributed by atoms with Crippen LogP contribution in [0.3, 0.4) is 0 Å². The molecule has 6 heteroatoms. The molecule has 0 aliphatic heterocycles. The molecule has 5 nitrogen and oxygen atoms in total. The van der Waals surface area contributed by atoms with Gasteiger partial charge < -0.3 is 20.5 Å². The highest BCUT2D eigenvalue weighted by atomic mass is 35.5. The van der Waals surface area contributed by atoms with Gasteiger partial charge in [0.1, 0.15) is 17.9 Å². The normalized spacial score (nSPS) is 25.3. The van der Waals surface area contributed by atoms with Crippen LogP contribution in [0, 0.1) is 12.3 Å².